The number of unbranched alkanes of at least 4 members (excludes halogenated alkanes) is 11. The molecule has 0 aliphatic rings. The lowest BCUT2D eigenvalue weighted by atomic mass is 10.1. The summed E-state index contributed by atoms with van der Waals surface area (Å²) in [5.74, 6) is 0. The summed E-state index contributed by atoms with van der Waals surface area (Å²) < 4.78 is 22.3. The third kappa shape index (κ3) is 15.1. The van der Waals surface area contributed by atoms with Crippen molar-refractivity contribution >= 4 is 15.2 Å². The molecule has 0 radical (unpaired) electrons. The molecule has 0 aliphatic heterocycles. The summed E-state index contributed by atoms with van der Waals surface area (Å²) in [6.07, 6.45) is 18.6. The second-order valence-electron chi connectivity index (χ2n) is 7.03. The van der Waals surface area contributed by atoms with Gasteiger partial charge in [0.05, 0.1) is 0 Å². The maximum absolute atomic E-state index is 11.2. The average molecular weight is 412 g/mol. The van der Waals surface area contributed by atoms with Crippen LogP contribution in [-0.4, -0.2) is 25.0 Å². The molecule has 0 fully saturated rings. The van der Waals surface area contributed by atoms with Gasteiger partial charge in [-0.1, -0.05) is 76.9 Å². The number of hydrogen-bond acceptors (Lipinski definition) is 2. The minimum Gasteiger partial charge on any atom is -0.324 e. The first-order chi connectivity index (χ1) is 12.2. The van der Waals surface area contributed by atoms with Crippen molar-refractivity contribution in [2.24, 2.45) is 0 Å². The Bertz CT molecular complexity index is 433. The Labute approximate surface area is 158 Å². The molecular formula is C18H38O6P2. The number of hydrogen-bond donors (Lipinski definition) is 4. The van der Waals surface area contributed by atoms with Gasteiger partial charge in [-0.25, -0.2) is 0 Å². The van der Waals surface area contributed by atoms with Crippen LogP contribution in [0.15, 0.2) is 12.2 Å². The van der Waals surface area contributed by atoms with E-state index in [0.717, 1.165) is 38.5 Å². The van der Waals surface area contributed by atoms with Crippen LogP contribution in [0.5, 0.6) is 0 Å². The van der Waals surface area contributed by atoms with Crippen LogP contribution in [-0.2, 0) is 9.13 Å². The normalized spacial score (nSPS) is 13.2. The molecule has 0 rings (SSSR count). The van der Waals surface area contributed by atoms with Gasteiger partial charge in [-0.05, 0) is 32.1 Å². The Morgan fingerprint density at radius 2 is 1.04 bits per heavy atom. The van der Waals surface area contributed by atoms with Gasteiger partial charge in [0.25, 0.3) is 0 Å². The predicted molar refractivity (Wildman–Crippen MR) is 107 cm³/mol. The first-order valence-corrected chi connectivity index (χ1v) is 13.3. The smallest absolute Gasteiger partial charge is 0.324 e. The molecule has 156 valence electrons. The molecule has 0 unspecified atom stereocenters. The lowest BCUT2D eigenvalue weighted by molar-refractivity contribution is 0.333. The van der Waals surface area contributed by atoms with Gasteiger partial charge in [-0.2, -0.15) is 0 Å². The van der Waals surface area contributed by atoms with E-state index in [1.165, 1.54) is 38.5 Å². The minimum absolute atomic E-state index is 0.132. The van der Waals surface area contributed by atoms with Crippen LogP contribution in [0.1, 0.15) is 96.8 Å². The maximum atomic E-state index is 11.2. The molecule has 0 atom stereocenters. The van der Waals surface area contributed by atoms with Crippen molar-refractivity contribution in [3.8, 4) is 0 Å². The van der Waals surface area contributed by atoms with E-state index in [2.05, 4.69) is 19.1 Å². The molecule has 0 aliphatic carbocycles. The van der Waals surface area contributed by atoms with Crippen molar-refractivity contribution in [3.63, 3.8) is 0 Å². The Balaban J connectivity index is 3.57. The van der Waals surface area contributed by atoms with Crippen LogP contribution in [0, 0.1) is 0 Å². The molecule has 0 saturated heterocycles. The highest BCUT2D eigenvalue weighted by atomic mass is 31.2. The molecule has 0 heterocycles. The molecule has 8 heteroatoms. The van der Waals surface area contributed by atoms with E-state index in [4.69, 9.17) is 19.6 Å². The Hall–Kier alpha value is 0.0400. The third-order valence-corrected chi connectivity index (χ3v) is 8.38. The molecule has 0 bridgehead atoms. The van der Waals surface area contributed by atoms with E-state index in [-0.39, 0.29) is 6.42 Å². The van der Waals surface area contributed by atoms with Crippen LogP contribution >= 0.6 is 15.2 Å². The lowest BCUT2D eigenvalue weighted by Crippen LogP contribution is -2.09. The highest BCUT2D eigenvalue weighted by Crippen LogP contribution is 2.61. The fourth-order valence-corrected chi connectivity index (χ4v) is 5.54. The van der Waals surface area contributed by atoms with Crippen LogP contribution < -0.4 is 0 Å². The van der Waals surface area contributed by atoms with Crippen LogP contribution in [0.4, 0.5) is 0 Å². The summed E-state index contributed by atoms with van der Waals surface area (Å²) in [5, 5.41) is -1.85. The summed E-state index contributed by atoms with van der Waals surface area (Å²) in [6, 6.07) is 0. The van der Waals surface area contributed by atoms with Gasteiger partial charge >= 0.3 is 15.2 Å². The van der Waals surface area contributed by atoms with Crippen LogP contribution in [0.2, 0.25) is 0 Å². The summed E-state index contributed by atoms with van der Waals surface area (Å²) in [4.78, 5) is 36.2. The topological polar surface area (TPSA) is 115 Å². The molecule has 0 saturated carbocycles. The molecule has 0 spiro atoms. The van der Waals surface area contributed by atoms with E-state index in [1.54, 1.807) is 0 Å². The second kappa shape index (κ2) is 15.0. The molecule has 0 amide bonds. The van der Waals surface area contributed by atoms with Crippen molar-refractivity contribution in [1.29, 1.82) is 0 Å². The highest BCUT2D eigenvalue weighted by molar-refractivity contribution is 7.70. The van der Waals surface area contributed by atoms with Gasteiger partial charge in [0.1, 0.15) is 0 Å². The zero-order chi connectivity index (χ0) is 19.9. The van der Waals surface area contributed by atoms with Gasteiger partial charge in [-0.3, -0.25) is 9.13 Å². The Morgan fingerprint density at radius 3 is 1.46 bits per heavy atom. The van der Waals surface area contributed by atoms with E-state index >= 15 is 0 Å². The summed E-state index contributed by atoms with van der Waals surface area (Å²) >= 11 is 0. The Morgan fingerprint density at radius 1 is 0.654 bits per heavy atom. The summed E-state index contributed by atoms with van der Waals surface area (Å²) in [6.45, 7) is 2.23. The molecular weight excluding hydrogens is 374 g/mol. The number of allylic oxidation sites excluding steroid dienone is 2. The van der Waals surface area contributed by atoms with Gasteiger partial charge in [0, 0.05) is 0 Å². The summed E-state index contributed by atoms with van der Waals surface area (Å²) in [7, 11) is -9.52. The lowest BCUT2D eigenvalue weighted by Gasteiger charge is -2.19. The van der Waals surface area contributed by atoms with E-state index in [9.17, 15) is 9.13 Å². The van der Waals surface area contributed by atoms with Crippen LogP contribution in [0.25, 0.3) is 0 Å². The van der Waals surface area contributed by atoms with E-state index in [0.29, 0.717) is 6.42 Å². The molecule has 0 aromatic heterocycles. The SMILES string of the molecule is CCCCCCCC/C=C\CCCCCCCC(P(=O)(O)O)P(=O)(O)O. The molecule has 26 heavy (non-hydrogen) atoms. The first-order valence-electron chi connectivity index (χ1n) is 9.95. The molecule has 0 aromatic carbocycles. The Kier molecular flexibility index (Phi) is 15.0. The monoisotopic (exact) mass is 412 g/mol. The largest absolute Gasteiger partial charge is 0.340 e. The fourth-order valence-electron chi connectivity index (χ4n) is 2.93. The molecule has 4 N–H and O–H groups in total. The number of rotatable bonds is 17. The van der Waals surface area contributed by atoms with Crippen molar-refractivity contribution in [2.45, 2.75) is 102 Å². The highest BCUT2D eigenvalue weighted by Gasteiger charge is 2.42. The summed E-state index contributed by atoms with van der Waals surface area (Å²) in [5.41, 5.74) is 0. The third-order valence-electron chi connectivity index (χ3n) is 4.50. The fraction of sp³-hybridized carbons (Fsp3) is 0.889. The van der Waals surface area contributed by atoms with E-state index in [1.807, 2.05) is 0 Å². The average Bonchev–Trinajstić information content (AvgIpc) is 2.52. The zero-order valence-corrected chi connectivity index (χ0v) is 17.9. The second-order valence-corrected chi connectivity index (χ2v) is 11.0. The zero-order valence-electron chi connectivity index (χ0n) is 16.1. The molecule has 6 nitrogen and oxygen atoms in total. The minimum atomic E-state index is -4.76. The van der Waals surface area contributed by atoms with Gasteiger partial charge in [-0.15, -0.1) is 0 Å². The maximum Gasteiger partial charge on any atom is 0.340 e. The van der Waals surface area contributed by atoms with E-state index < -0.39 is 20.6 Å². The van der Waals surface area contributed by atoms with Gasteiger partial charge < -0.3 is 19.6 Å². The molecule has 0 aromatic rings. The van der Waals surface area contributed by atoms with Crippen molar-refractivity contribution < 1.29 is 28.7 Å². The predicted octanol–water partition coefficient (Wildman–Crippen LogP) is 5.71. The quantitative estimate of drug-likeness (QED) is 0.138. The van der Waals surface area contributed by atoms with Gasteiger partial charge in [0.2, 0.25) is 0 Å². The van der Waals surface area contributed by atoms with Crippen LogP contribution in [0.3, 0.4) is 0 Å². The van der Waals surface area contributed by atoms with Crippen molar-refractivity contribution in [1.82, 2.24) is 0 Å². The van der Waals surface area contributed by atoms with Crippen molar-refractivity contribution in [2.75, 3.05) is 0 Å². The van der Waals surface area contributed by atoms with Gasteiger partial charge in [0.15, 0.2) is 5.40 Å². The standard InChI is InChI=1S/C18H38O6P2/c1-2-3-4-5-6-7-8-9-10-11-12-13-14-15-16-17-18(25(19,20)21)26(22,23)24/h9-10,18H,2-8,11-17H2,1H3,(H2,19,20,21)(H2,22,23,24)/b10-9-. The van der Waals surface area contributed by atoms with Crippen molar-refractivity contribution in [3.05, 3.63) is 12.2 Å². The first kappa shape index (κ1) is 26.0.